The molecule has 1 amide bonds. The number of aromatic nitrogens is 2. The molecule has 6 heteroatoms. The van der Waals surface area contributed by atoms with Crippen LogP contribution in [0.3, 0.4) is 0 Å². The zero-order chi connectivity index (χ0) is 11.5. The highest BCUT2D eigenvalue weighted by atomic mass is 35.5. The van der Waals surface area contributed by atoms with Crippen molar-refractivity contribution in [1.29, 1.82) is 0 Å². The average molecular weight is 238 g/mol. The first-order chi connectivity index (χ1) is 7.65. The van der Waals surface area contributed by atoms with Crippen molar-refractivity contribution in [2.45, 2.75) is 6.92 Å². The molecule has 0 fully saturated rings. The van der Waals surface area contributed by atoms with Gasteiger partial charge in [0.05, 0.1) is 0 Å². The molecule has 0 saturated carbocycles. The molecular weight excluding hydrogens is 230 g/mol. The molecule has 0 radical (unpaired) electrons. The molecule has 0 saturated heterocycles. The number of amides is 1. The van der Waals surface area contributed by atoms with E-state index in [4.69, 9.17) is 16.1 Å². The normalized spacial score (nSPS) is 10.1. The van der Waals surface area contributed by atoms with Gasteiger partial charge in [-0.25, -0.2) is 4.98 Å². The lowest BCUT2D eigenvalue weighted by Gasteiger charge is -2.01. The van der Waals surface area contributed by atoms with E-state index < -0.39 is 0 Å². The second kappa shape index (κ2) is 4.32. The Kier molecular flexibility index (Phi) is 2.87. The van der Waals surface area contributed by atoms with E-state index in [0.717, 1.165) is 0 Å². The molecule has 5 nitrogen and oxygen atoms in total. The van der Waals surface area contributed by atoms with Crippen molar-refractivity contribution in [3.63, 3.8) is 0 Å². The summed E-state index contributed by atoms with van der Waals surface area (Å²) in [7, 11) is 0. The molecule has 0 atom stereocenters. The van der Waals surface area contributed by atoms with E-state index in [-0.39, 0.29) is 11.6 Å². The van der Waals surface area contributed by atoms with Gasteiger partial charge < -0.3 is 9.84 Å². The summed E-state index contributed by atoms with van der Waals surface area (Å²) in [6.45, 7) is 1.71. The highest BCUT2D eigenvalue weighted by Crippen LogP contribution is 2.10. The highest BCUT2D eigenvalue weighted by molar-refractivity contribution is 6.29. The average Bonchev–Trinajstić information content (AvgIpc) is 2.65. The summed E-state index contributed by atoms with van der Waals surface area (Å²) in [5, 5.41) is 6.46. The second-order valence-corrected chi connectivity index (χ2v) is 3.51. The lowest BCUT2D eigenvalue weighted by atomic mass is 10.3. The van der Waals surface area contributed by atoms with Gasteiger partial charge in [-0.1, -0.05) is 22.8 Å². The Morgan fingerprint density at radius 3 is 2.94 bits per heavy atom. The monoisotopic (exact) mass is 237 g/mol. The van der Waals surface area contributed by atoms with Gasteiger partial charge in [0.25, 0.3) is 5.91 Å². The third-order valence-corrected chi connectivity index (χ3v) is 2.03. The van der Waals surface area contributed by atoms with Crippen molar-refractivity contribution >= 4 is 23.3 Å². The number of rotatable bonds is 2. The van der Waals surface area contributed by atoms with Crippen molar-refractivity contribution in [2.75, 3.05) is 5.32 Å². The minimum absolute atomic E-state index is 0.208. The lowest BCUT2D eigenvalue weighted by Crippen LogP contribution is -2.13. The molecule has 0 spiro atoms. The Labute approximate surface area is 96.4 Å². The Morgan fingerprint density at radius 1 is 1.50 bits per heavy atom. The maximum Gasteiger partial charge on any atom is 0.279 e. The molecule has 0 aliphatic rings. The highest BCUT2D eigenvalue weighted by Gasteiger charge is 2.11. The van der Waals surface area contributed by atoms with Crippen molar-refractivity contribution in [3.8, 4) is 0 Å². The summed E-state index contributed by atoms with van der Waals surface area (Å²) in [6.07, 6.45) is 0. The third-order valence-electron chi connectivity index (χ3n) is 1.82. The van der Waals surface area contributed by atoms with Crippen LogP contribution in [0, 0.1) is 6.92 Å². The van der Waals surface area contributed by atoms with Crippen LogP contribution >= 0.6 is 11.6 Å². The van der Waals surface area contributed by atoms with E-state index in [0.29, 0.717) is 16.7 Å². The van der Waals surface area contributed by atoms with E-state index in [1.165, 1.54) is 0 Å². The standard InChI is InChI=1S/C10H8ClN3O2/c1-6-5-7(14-16-6)10(15)13-9-4-2-3-8(11)12-9/h2-5H,1H3,(H,12,13,15). The zero-order valence-electron chi connectivity index (χ0n) is 8.40. The number of nitrogens with one attached hydrogen (secondary N) is 1. The van der Waals surface area contributed by atoms with Crippen LogP contribution < -0.4 is 5.32 Å². The topological polar surface area (TPSA) is 68.0 Å². The van der Waals surface area contributed by atoms with E-state index in [2.05, 4.69) is 15.5 Å². The number of anilines is 1. The fourth-order valence-electron chi connectivity index (χ4n) is 1.13. The first kappa shape index (κ1) is 10.6. The van der Waals surface area contributed by atoms with Crippen molar-refractivity contribution < 1.29 is 9.32 Å². The molecule has 0 aliphatic carbocycles. The fourth-order valence-corrected chi connectivity index (χ4v) is 1.30. The summed E-state index contributed by atoms with van der Waals surface area (Å²) >= 11 is 5.68. The maximum atomic E-state index is 11.6. The minimum atomic E-state index is -0.383. The first-order valence-corrected chi connectivity index (χ1v) is 4.90. The van der Waals surface area contributed by atoms with Crippen LogP contribution in [-0.4, -0.2) is 16.0 Å². The number of carbonyl (C=O) groups excluding carboxylic acids is 1. The molecule has 1 N–H and O–H groups in total. The maximum absolute atomic E-state index is 11.6. The summed E-state index contributed by atoms with van der Waals surface area (Å²) in [6, 6.07) is 6.49. The SMILES string of the molecule is Cc1cc(C(=O)Nc2cccc(Cl)n2)no1. The Bertz CT molecular complexity index is 524. The molecule has 82 valence electrons. The van der Waals surface area contributed by atoms with Gasteiger partial charge in [-0.15, -0.1) is 0 Å². The second-order valence-electron chi connectivity index (χ2n) is 3.12. The number of pyridine rings is 1. The van der Waals surface area contributed by atoms with Crippen LogP contribution in [0.2, 0.25) is 5.15 Å². The molecule has 2 aromatic rings. The summed E-state index contributed by atoms with van der Waals surface area (Å²) in [5.41, 5.74) is 0.208. The minimum Gasteiger partial charge on any atom is -0.361 e. The van der Waals surface area contributed by atoms with Crippen LogP contribution in [0.15, 0.2) is 28.8 Å². The predicted octanol–water partition coefficient (Wildman–Crippen LogP) is 2.28. The number of halogens is 1. The van der Waals surface area contributed by atoms with E-state index in [1.807, 2.05) is 0 Å². The smallest absolute Gasteiger partial charge is 0.279 e. The molecule has 16 heavy (non-hydrogen) atoms. The molecular formula is C10H8ClN3O2. The van der Waals surface area contributed by atoms with Crippen molar-refractivity contribution in [3.05, 3.63) is 40.9 Å². The first-order valence-electron chi connectivity index (χ1n) is 4.52. The molecule has 2 heterocycles. The van der Waals surface area contributed by atoms with Gasteiger partial charge in [-0.3, -0.25) is 4.79 Å². The van der Waals surface area contributed by atoms with Crippen LogP contribution in [0.4, 0.5) is 5.82 Å². The third kappa shape index (κ3) is 2.38. The number of hydrogen-bond acceptors (Lipinski definition) is 4. The summed E-state index contributed by atoms with van der Waals surface area (Å²) < 4.78 is 4.79. The number of aryl methyl sites for hydroxylation is 1. The van der Waals surface area contributed by atoms with E-state index in [9.17, 15) is 4.79 Å². The molecule has 2 aromatic heterocycles. The Balaban J connectivity index is 2.13. The summed E-state index contributed by atoms with van der Waals surface area (Å²) in [4.78, 5) is 15.5. The zero-order valence-corrected chi connectivity index (χ0v) is 9.15. The fraction of sp³-hybridized carbons (Fsp3) is 0.100. The predicted molar refractivity (Wildman–Crippen MR) is 58.4 cm³/mol. The van der Waals surface area contributed by atoms with E-state index in [1.54, 1.807) is 31.2 Å². The Morgan fingerprint density at radius 2 is 2.31 bits per heavy atom. The molecule has 0 unspecified atom stereocenters. The van der Waals surface area contributed by atoms with Gasteiger partial charge in [0.15, 0.2) is 5.69 Å². The largest absolute Gasteiger partial charge is 0.361 e. The molecule has 0 aliphatic heterocycles. The van der Waals surface area contributed by atoms with Gasteiger partial charge in [-0.05, 0) is 19.1 Å². The van der Waals surface area contributed by atoms with Gasteiger partial charge in [0.1, 0.15) is 16.7 Å². The molecule has 0 bridgehead atoms. The van der Waals surface area contributed by atoms with Crippen molar-refractivity contribution in [1.82, 2.24) is 10.1 Å². The van der Waals surface area contributed by atoms with Crippen LogP contribution in [0.5, 0.6) is 0 Å². The molecule has 0 aromatic carbocycles. The number of nitrogens with zero attached hydrogens (tertiary/aromatic N) is 2. The summed E-state index contributed by atoms with van der Waals surface area (Å²) in [5.74, 6) is 0.564. The van der Waals surface area contributed by atoms with E-state index >= 15 is 0 Å². The van der Waals surface area contributed by atoms with Gasteiger partial charge in [0, 0.05) is 6.07 Å². The van der Waals surface area contributed by atoms with Crippen LogP contribution in [0.25, 0.3) is 0 Å². The number of carbonyl (C=O) groups is 1. The van der Waals surface area contributed by atoms with Gasteiger partial charge in [0.2, 0.25) is 0 Å². The van der Waals surface area contributed by atoms with Crippen LogP contribution in [-0.2, 0) is 0 Å². The Hall–Kier alpha value is -1.88. The van der Waals surface area contributed by atoms with Gasteiger partial charge >= 0.3 is 0 Å². The molecule has 2 rings (SSSR count). The quantitative estimate of drug-likeness (QED) is 0.814. The van der Waals surface area contributed by atoms with Crippen LogP contribution in [0.1, 0.15) is 16.2 Å². The van der Waals surface area contributed by atoms with Gasteiger partial charge in [-0.2, -0.15) is 0 Å². The van der Waals surface area contributed by atoms with Crippen molar-refractivity contribution in [2.24, 2.45) is 0 Å². The lowest BCUT2D eigenvalue weighted by molar-refractivity contribution is 0.101. The number of hydrogen-bond donors (Lipinski definition) is 1.